The lowest BCUT2D eigenvalue weighted by atomic mass is 10.1. The lowest BCUT2D eigenvalue weighted by Gasteiger charge is -2.29. The van der Waals surface area contributed by atoms with Gasteiger partial charge in [0.1, 0.15) is 12.6 Å². The van der Waals surface area contributed by atoms with Gasteiger partial charge >= 0.3 is 5.97 Å². The predicted molar refractivity (Wildman–Crippen MR) is 81.9 cm³/mol. The van der Waals surface area contributed by atoms with E-state index in [0.717, 1.165) is 0 Å². The minimum atomic E-state index is -1.15. The number of carboxylic acids is 1. The first-order valence-corrected chi connectivity index (χ1v) is 7.10. The number of fused-ring (bicyclic) bond motifs is 1. The zero-order chi connectivity index (χ0) is 17.0. The number of rotatable bonds is 5. The summed E-state index contributed by atoms with van der Waals surface area (Å²) in [7, 11) is 0. The van der Waals surface area contributed by atoms with Crippen molar-refractivity contribution in [2.24, 2.45) is 0 Å². The van der Waals surface area contributed by atoms with E-state index >= 15 is 0 Å². The fraction of sp³-hybridized carbons (Fsp3) is 0.333. The molecule has 0 aromatic heterocycles. The molecule has 1 atom stereocenters. The maximum absolute atomic E-state index is 12.3. The molecule has 8 nitrogen and oxygen atoms in total. The largest absolute Gasteiger partial charge is 0.480 e. The molecule has 122 valence electrons. The van der Waals surface area contributed by atoms with E-state index in [9.17, 15) is 19.2 Å². The number of amides is 3. The van der Waals surface area contributed by atoms with Crippen molar-refractivity contribution in [2.75, 3.05) is 16.8 Å². The van der Waals surface area contributed by atoms with E-state index in [2.05, 4.69) is 10.6 Å². The smallest absolute Gasteiger partial charge is 0.325 e. The molecule has 1 aromatic carbocycles. The summed E-state index contributed by atoms with van der Waals surface area (Å²) in [6, 6.07) is 5.87. The van der Waals surface area contributed by atoms with Crippen molar-refractivity contribution in [1.29, 1.82) is 0 Å². The van der Waals surface area contributed by atoms with Crippen molar-refractivity contribution < 1.29 is 24.3 Å². The van der Waals surface area contributed by atoms with Crippen LogP contribution in [-0.4, -0.2) is 41.4 Å². The van der Waals surface area contributed by atoms with Gasteiger partial charge in [-0.05, 0) is 19.1 Å². The molecule has 1 aliphatic rings. The number of carbonyl (C=O) groups excluding carboxylic acids is 3. The number of hydrogen-bond acceptors (Lipinski definition) is 4. The molecule has 0 saturated carbocycles. The zero-order valence-electron chi connectivity index (χ0n) is 12.5. The van der Waals surface area contributed by atoms with Crippen molar-refractivity contribution in [3.63, 3.8) is 0 Å². The summed E-state index contributed by atoms with van der Waals surface area (Å²) < 4.78 is 0. The van der Waals surface area contributed by atoms with Gasteiger partial charge in [-0.3, -0.25) is 19.2 Å². The topological polar surface area (TPSA) is 116 Å². The number of nitrogens with one attached hydrogen (secondary N) is 2. The minimum Gasteiger partial charge on any atom is -0.480 e. The monoisotopic (exact) mass is 319 g/mol. The number of carbonyl (C=O) groups is 4. The summed E-state index contributed by atoms with van der Waals surface area (Å²) in [5, 5.41) is 13.7. The standard InChI is InChI=1S/C15H17N3O5/c1-9(15(22)23)16-12(19)6-7-14(21)18-8-13(20)17-10-4-2-3-5-11(10)18/h2-5,9H,6-8H2,1H3,(H,16,19)(H,17,20)(H,22,23)/t9-/m0/s1. The van der Waals surface area contributed by atoms with E-state index in [-0.39, 0.29) is 31.2 Å². The zero-order valence-corrected chi connectivity index (χ0v) is 12.5. The lowest BCUT2D eigenvalue weighted by molar-refractivity contribution is -0.141. The summed E-state index contributed by atoms with van der Waals surface area (Å²) in [5.74, 6) is -2.35. The number of aliphatic carboxylic acids is 1. The van der Waals surface area contributed by atoms with Gasteiger partial charge in [0, 0.05) is 12.8 Å². The summed E-state index contributed by atoms with van der Waals surface area (Å²) in [6.07, 6.45) is -0.253. The number of carboxylic acid groups (broad SMARTS) is 1. The third-order valence-corrected chi connectivity index (χ3v) is 3.39. The van der Waals surface area contributed by atoms with Gasteiger partial charge in [0.25, 0.3) is 0 Å². The minimum absolute atomic E-state index is 0.108. The summed E-state index contributed by atoms with van der Waals surface area (Å²) in [5.41, 5.74) is 1.12. The van der Waals surface area contributed by atoms with Crippen molar-refractivity contribution in [3.8, 4) is 0 Å². The number of anilines is 2. The van der Waals surface area contributed by atoms with E-state index in [1.165, 1.54) is 11.8 Å². The number of para-hydroxylation sites is 2. The molecule has 3 amide bonds. The van der Waals surface area contributed by atoms with Gasteiger partial charge in [-0.1, -0.05) is 12.1 Å². The predicted octanol–water partition coefficient (Wildman–Crippen LogP) is 0.341. The first kappa shape index (κ1) is 16.5. The van der Waals surface area contributed by atoms with Crippen LogP contribution < -0.4 is 15.5 Å². The van der Waals surface area contributed by atoms with Crippen LogP contribution in [-0.2, 0) is 19.2 Å². The first-order valence-electron chi connectivity index (χ1n) is 7.10. The highest BCUT2D eigenvalue weighted by atomic mass is 16.4. The fourth-order valence-electron chi connectivity index (χ4n) is 2.19. The number of hydrogen-bond donors (Lipinski definition) is 3. The van der Waals surface area contributed by atoms with E-state index in [4.69, 9.17) is 5.11 Å². The van der Waals surface area contributed by atoms with E-state index in [1.807, 2.05) is 0 Å². The lowest BCUT2D eigenvalue weighted by Crippen LogP contribution is -2.43. The quantitative estimate of drug-likeness (QED) is 0.724. The Bertz CT molecular complexity index is 658. The number of benzene rings is 1. The molecule has 8 heteroatoms. The SMILES string of the molecule is C[C@H](NC(=O)CCC(=O)N1CC(=O)Nc2ccccc21)C(=O)O. The molecule has 23 heavy (non-hydrogen) atoms. The van der Waals surface area contributed by atoms with Crippen molar-refractivity contribution in [2.45, 2.75) is 25.8 Å². The van der Waals surface area contributed by atoms with Gasteiger partial charge in [-0.2, -0.15) is 0 Å². The first-order chi connectivity index (χ1) is 10.9. The van der Waals surface area contributed by atoms with Gasteiger partial charge in [-0.25, -0.2) is 0 Å². The molecule has 0 bridgehead atoms. The molecule has 1 aliphatic heterocycles. The highest BCUT2D eigenvalue weighted by Crippen LogP contribution is 2.29. The van der Waals surface area contributed by atoms with E-state index in [1.54, 1.807) is 24.3 Å². The highest BCUT2D eigenvalue weighted by molar-refractivity contribution is 6.10. The van der Waals surface area contributed by atoms with Crippen LogP contribution in [0.15, 0.2) is 24.3 Å². The maximum atomic E-state index is 12.3. The van der Waals surface area contributed by atoms with Crippen molar-refractivity contribution in [3.05, 3.63) is 24.3 Å². The second kappa shape index (κ2) is 6.91. The van der Waals surface area contributed by atoms with Crippen LogP contribution in [0.25, 0.3) is 0 Å². The Morgan fingerprint density at radius 1 is 1.30 bits per heavy atom. The van der Waals surface area contributed by atoms with Gasteiger partial charge in [0.15, 0.2) is 0 Å². The highest BCUT2D eigenvalue weighted by Gasteiger charge is 2.26. The Morgan fingerprint density at radius 2 is 2.00 bits per heavy atom. The average molecular weight is 319 g/mol. The Labute approximate surface area is 132 Å². The van der Waals surface area contributed by atoms with E-state index < -0.39 is 17.9 Å². The molecule has 0 saturated heterocycles. The third kappa shape index (κ3) is 4.06. The van der Waals surface area contributed by atoms with Gasteiger partial charge < -0.3 is 20.6 Å². The Morgan fingerprint density at radius 3 is 2.70 bits per heavy atom. The van der Waals surface area contributed by atoms with Crippen LogP contribution in [0.1, 0.15) is 19.8 Å². The fourth-order valence-corrected chi connectivity index (χ4v) is 2.19. The second-order valence-electron chi connectivity index (χ2n) is 5.17. The second-order valence-corrected chi connectivity index (χ2v) is 5.17. The average Bonchev–Trinajstić information content (AvgIpc) is 2.51. The molecular formula is C15H17N3O5. The molecule has 3 N–H and O–H groups in total. The maximum Gasteiger partial charge on any atom is 0.325 e. The van der Waals surface area contributed by atoms with Crippen LogP contribution in [0.4, 0.5) is 11.4 Å². The molecule has 1 aromatic rings. The summed E-state index contributed by atoms with van der Waals surface area (Å²) in [4.78, 5) is 47.5. The third-order valence-electron chi connectivity index (χ3n) is 3.39. The Hall–Kier alpha value is -2.90. The van der Waals surface area contributed by atoms with Gasteiger partial charge in [-0.15, -0.1) is 0 Å². The van der Waals surface area contributed by atoms with Gasteiger partial charge in [0.05, 0.1) is 11.4 Å². The summed E-state index contributed by atoms with van der Waals surface area (Å²) >= 11 is 0. The van der Waals surface area contributed by atoms with E-state index in [0.29, 0.717) is 11.4 Å². The summed E-state index contributed by atoms with van der Waals surface area (Å²) in [6.45, 7) is 1.23. The number of nitrogens with zero attached hydrogens (tertiary/aromatic N) is 1. The molecule has 0 unspecified atom stereocenters. The van der Waals surface area contributed by atoms with Crippen molar-refractivity contribution in [1.82, 2.24) is 5.32 Å². The molecular weight excluding hydrogens is 302 g/mol. The Balaban J connectivity index is 1.97. The van der Waals surface area contributed by atoms with Crippen LogP contribution in [0.2, 0.25) is 0 Å². The molecule has 0 aliphatic carbocycles. The van der Waals surface area contributed by atoms with Crippen LogP contribution >= 0.6 is 0 Å². The normalized spacial score (nSPS) is 14.5. The molecule has 0 fully saturated rings. The van der Waals surface area contributed by atoms with Gasteiger partial charge in [0.2, 0.25) is 17.7 Å². The van der Waals surface area contributed by atoms with Crippen LogP contribution in [0.3, 0.4) is 0 Å². The molecule has 0 spiro atoms. The molecule has 0 radical (unpaired) electrons. The molecule has 2 rings (SSSR count). The van der Waals surface area contributed by atoms with Crippen LogP contribution in [0.5, 0.6) is 0 Å². The van der Waals surface area contributed by atoms with Crippen molar-refractivity contribution >= 4 is 35.1 Å². The van der Waals surface area contributed by atoms with Crippen LogP contribution in [0, 0.1) is 0 Å². The Kier molecular flexibility index (Phi) is 4.95. The molecule has 1 heterocycles.